The minimum Gasteiger partial charge on any atom is -0.309 e. The SMILES string of the molecule is [CH2]c1ccccc1Cl.[Cl][Mg][Cl]. The molecule has 0 aliphatic heterocycles. The van der Waals surface area contributed by atoms with Gasteiger partial charge in [-0.3, -0.25) is 0 Å². The van der Waals surface area contributed by atoms with Crippen molar-refractivity contribution in [1.82, 2.24) is 0 Å². The molecule has 57 valence electrons. The van der Waals surface area contributed by atoms with Crippen molar-refractivity contribution in [1.29, 1.82) is 0 Å². The molecule has 0 saturated heterocycles. The lowest BCUT2D eigenvalue weighted by Gasteiger charge is -1.90. The molecule has 1 aromatic carbocycles. The first kappa shape index (κ1) is 11.9. The molecule has 1 aromatic rings. The van der Waals surface area contributed by atoms with Crippen molar-refractivity contribution in [2.75, 3.05) is 0 Å². The van der Waals surface area contributed by atoms with Crippen LogP contribution in [0.25, 0.3) is 0 Å². The van der Waals surface area contributed by atoms with E-state index in [1.165, 1.54) is 0 Å². The Kier molecular flexibility index (Phi) is 8.09. The van der Waals surface area contributed by atoms with E-state index < -0.39 is 18.2 Å². The van der Waals surface area contributed by atoms with Gasteiger partial charge in [-0.2, -0.15) is 0 Å². The Morgan fingerprint density at radius 1 is 1.18 bits per heavy atom. The minimum absolute atomic E-state index is 0.639. The zero-order valence-electron chi connectivity index (χ0n) is 5.86. The first-order chi connectivity index (χ1) is 5.22. The monoisotopic (exact) mass is 219 g/mol. The van der Waals surface area contributed by atoms with Crippen molar-refractivity contribution < 1.29 is 0 Å². The zero-order valence-corrected chi connectivity index (χ0v) is 9.54. The predicted molar refractivity (Wildman–Crippen MR) is 53.4 cm³/mol. The lowest BCUT2D eigenvalue weighted by molar-refractivity contribution is 1.61. The Bertz CT molecular complexity index is 182. The van der Waals surface area contributed by atoms with Gasteiger partial charge in [-0.25, -0.2) is 0 Å². The highest BCUT2D eigenvalue weighted by Gasteiger charge is 1.86. The van der Waals surface area contributed by atoms with Gasteiger partial charge in [0.25, 0.3) is 0 Å². The summed E-state index contributed by atoms with van der Waals surface area (Å²) in [5.74, 6) is 0. The van der Waals surface area contributed by atoms with Gasteiger partial charge in [-0.1, -0.05) is 29.8 Å². The highest BCUT2D eigenvalue weighted by Crippen LogP contribution is 2.11. The summed E-state index contributed by atoms with van der Waals surface area (Å²) in [6.07, 6.45) is 0. The molecule has 0 atom stereocenters. The zero-order chi connectivity index (χ0) is 8.69. The fourth-order valence-electron chi connectivity index (χ4n) is 0.498. The quantitative estimate of drug-likeness (QED) is 0.587. The second-order valence-corrected chi connectivity index (χ2v) is 4.73. The lowest BCUT2D eigenvalue weighted by Crippen LogP contribution is -1.68. The van der Waals surface area contributed by atoms with E-state index in [0.29, 0.717) is 0 Å². The summed E-state index contributed by atoms with van der Waals surface area (Å²) < 4.78 is 0. The number of hydrogen-bond acceptors (Lipinski definition) is 0. The van der Waals surface area contributed by atoms with Crippen molar-refractivity contribution >= 4 is 47.9 Å². The summed E-state index contributed by atoms with van der Waals surface area (Å²) in [7, 11) is 9.81. The van der Waals surface area contributed by atoms with Crippen LogP contribution < -0.4 is 0 Å². The van der Waals surface area contributed by atoms with Crippen LogP contribution in [0.4, 0.5) is 0 Å². The van der Waals surface area contributed by atoms with E-state index in [4.69, 9.17) is 29.7 Å². The molecule has 0 aliphatic carbocycles. The van der Waals surface area contributed by atoms with Crippen molar-refractivity contribution in [2.45, 2.75) is 0 Å². The van der Waals surface area contributed by atoms with Gasteiger partial charge in [0.1, 0.15) is 0 Å². The van der Waals surface area contributed by atoms with Crippen molar-refractivity contribution in [3.05, 3.63) is 41.8 Å². The Balaban J connectivity index is 0.000000292. The van der Waals surface area contributed by atoms with Crippen LogP contribution in [0.3, 0.4) is 0 Å². The molecule has 0 spiro atoms. The van der Waals surface area contributed by atoms with E-state index in [1.807, 2.05) is 24.3 Å². The number of halogens is 3. The van der Waals surface area contributed by atoms with Crippen LogP contribution in [-0.2, 0) is 0 Å². The van der Waals surface area contributed by atoms with Crippen LogP contribution in [0.5, 0.6) is 0 Å². The molecule has 0 saturated carbocycles. The highest BCUT2D eigenvalue weighted by molar-refractivity contribution is 7.22. The van der Waals surface area contributed by atoms with Crippen LogP contribution in [0.2, 0.25) is 5.02 Å². The maximum absolute atomic E-state index is 5.65. The Hall–Kier alpha value is 0.856. The normalized spacial score (nSPS) is 7.64. The van der Waals surface area contributed by atoms with Crippen molar-refractivity contribution in [3.8, 4) is 0 Å². The van der Waals surface area contributed by atoms with E-state index in [0.717, 1.165) is 10.6 Å². The van der Waals surface area contributed by atoms with Crippen LogP contribution in [-0.4, -0.2) is 18.2 Å². The topological polar surface area (TPSA) is 0 Å². The molecule has 11 heavy (non-hydrogen) atoms. The van der Waals surface area contributed by atoms with Gasteiger partial charge < -0.3 is 18.1 Å². The number of hydrogen-bond donors (Lipinski definition) is 0. The van der Waals surface area contributed by atoms with E-state index in [-0.39, 0.29) is 0 Å². The van der Waals surface area contributed by atoms with E-state index in [9.17, 15) is 0 Å². The molecular weight excluding hydrogens is 215 g/mol. The molecule has 1 radical (unpaired) electrons. The highest BCUT2D eigenvalue weighted by atomic mass is 35.6. The van der Waals surface area contributed by atoms with Crippen LogP contribution in [0, 0.1) is 6.92 Å². The average molecular weight is 221 g/mol. The third-order valence-corrected chi connectivity index (χ3v) is 1.33. The maximum atomic E-state index is 5.65. The standard InChI is InChI=1S/C7H6Cl.2ClH.Mg/c1-6-4-2-3-5-7(6)8;;;/h2-5H,1H2;2*1H;/q;;;+2/p-2. The maximum Gasteiger partial charge on any atom is 0.618 e. The van der Waals surface area contributed by atoms with Crippen LogP contribution >= 0.6 is 29.7 Å². The summed E-state index contributed by atoms with van der Waals surface area (Å²) in [5, 5.41) is 0.729. The van der Waals surface area contributed by atoms with Crippen LogP contribution in [0.15, 0.2) is 24.3 Å². The Morgan fingerprint density at radius 3 is 1.91 bits per heavy atom. The third kappa shape index (κ3) is 6.06. The van der Waals surface area contributed by atoms with Gasteiger partial charge in [0.05, 0.1) is 0 Å². The first-order valence-corrected chi connectivity index (χ1v) is 7.56. The van der Waals surface area contributed by atoms with Gasteiger partial charge in [0.15, 0.2) is 0 Å². The van der Waals surface area contributed by atoms with E-state index >= 15 is 0 Å². The molecule has 0 aliphatic rings. The largest absolute Gasteiger partial charge is 0.618 e. The Labute approximate surface area is 89.1 Å². The fourth-order valence-corrected chi connectivity index (χ4v) is 0.634. The van der Waals surface area contributed by atoms with Gasteiger partial charge in [-0.15, -0.1) is 0 Å². The molecular formula is C7H6Cl3Mg. The van der Waals surface area contributed by atoms with E-state index in [2.05, 4.69) is 6.92 Å². The second kappa shape index (κ2) is 7.50. The van der Waals surface area contributed by atoms with Crippen molar-refractivity contribution in [2.24, 2.45) is 0 Å². The number of benzene rings is 1. The third-order valence-electron chi connectivity index (χ3n) is 0.958. The molecule has 0 bridgehead atoms. The van der Waals surface area contributed by atoms with E-state index in [1.54, 1.807) is 0 Å². The Morgan fingerprint density at radius 2 is 1.64 bits per heavy atom. The average Bonchev–Trinajstić information content (AvgIpc) is 1.97. The van der Waals surface area contributed by atoms with Gasteiger partial charge in [0.2, 0.25) is 0 Å². The van der Waals surface area contributed by atoms with Gasteiger partial charge in [0, 0.05) is 5.02 Å². The van der Waals surface area contributed by atoms with Crippen molar-refractivity contribution in [3.63, 3.8) is 0 Å². The lowest BCUT2D eigenvalue weighted by atomic mass is 10.2. The summed E-state index contributed by atoms with van der Waals surface area (Å²) in [5.41, 5.74) is 0.883. The number of rotatable bonds is 0. The fraction of sp³-hybridized carbons (Fsp3) is 0. The molecule has 0 fully saturated rings. The molecule has 0 unspecified atom stereocenters. The first-order valence-electron chi connectivity index (χ1n) is 2.90. The molecule has 0 N–H and O–H groups in total. The molecule has 0 heterocycles. The van der Waals surface area contributed by atoms with Crippen LogP contribution in [0.1, 0.15) is 5.56 Å². The molecule has 4 heteroatoms. The summed E-state index contributed by atoms with van der Waals surface area (Å²) >= 11 is 5.01. The smallest absolute Gasteiger partial charge is 0.309 e. The molecule has 0 aromatic heterocycles. The summed E-state index contributed by atoms with van der Waals surface area (Å²) in [4.78, 5) is 0. The minimum atomic E-state index is -0.639. The van der Waals surface area contributed by atoms with Gasteiger partial charge in [-0.05, 0) is 18.6 Å². The van der Waals surface area contributed by atoms with Gasteiger partial charge >= 0.3 is 18.2 Å². The second-order valence-electron chi connectivity index (χ2n) is 1.69. The summed E-state index contributed by atoms with van der Waals surface area (Å²) in [6, 6.07) is 7.50. The molecule has 0 nitrogen and oxygen atoms in total. The predicted octanol–water partition coefficient (Wildman–Crippen LogP) is 3.52. The molecule has 1 rings (SSSR count). The summed E-state index contributed by atoms with van der Waals surface area (Å²) in [6.45, 7) is 3.69. The molecule has 0 amide bonds.